The van der Waals surface area contributed by atoms with E-state index in [0.717, 1.165) is 0 Å². The minimum absolute atomic E-state index is 0.0813. The van der Waals surface area contributed by atoms with Crippen LogP contribution in [0.5, 0.6) is 0 Å². The molecule has 1 aromatic rings. The van der Waals surface area contributed by atoms with E-state index in [1.54, 1.807) is 4.90 Å². The van der Waals surface area contributed by atoms with Crippen molar-refractivity contribution in [2.24, 2.45) is 16.3 Å². The molecule has 0 radical (unpaired) electrons. The number of hydrogen-bond acceptors (Lipinski definition) is 5. The van der Waals surface area contributed by atoms with Gasteiger partial charge in [-0.25, -0.2) is 9.97 Å². The summed E-state index contributed by atoms with van der Waals surface area (Å²) >= 11 is 0. The van der Waals surface area contributed by atoms with Gasteiger partial charge < -0.3 is 15.8 Å². The monoisotopic (exact) mass is 263 g/mol. The van der Waals surface area contributed by atoms with Gasteiger partial charge in [-0.1, -0.05) is 12.1 Å². The van der Waals surface area contributed by atoms with Gasteiger partial charge in [0.1, 0.15) is 12.2 Å². The Morgan fingerprint density at radius 3 is 2.53 bits per heavy atom. The minimum atomic E-state index is -0.348. The summed E-state index contributed by atoms with van der Waals surface area (Å²) in [6.07, 6.45) is 5.74. The fraction of sp³-hybridized carbons (Fsp3) is 0.500. The van der Waals surface area contributed by atoms with E-state index in [4.69, 9.17) is 10.9 Å². The van der Waals surface area contributed by atoms with Gasteiger partial charge in [0.25, 0.3) is 5.91 Å². The zero-order valence-electron chi connectivity index (χ0n) is 10.8. The number of nitrogens with two attached hydrogens (primary N) is 1. The van der Waals surface area contributed by atoms with Crippen LogP contribution in [-0.4, -0.2) is 44.9 Å². The maximum atomic E-state index is 12.2. The zero-order chi connectivity index (χ0) is 13.9. The summed E-state index contributed by atoms with van der Waals surface area (Å²) in [4.78, 5) is 21.6. The summed E-state index contributed by atoms with van der Waals surface area (Å²) < 4.78 is 0. The van der Waals surface area contributed by atoms with Crippen LogP contribution in [0.3, 0.4) is 0 Å². The minimum Gasteiger partial charge on any atom is -0.409 e. The Hall–Kier alpha value is -2.18. The lowest BCUT2D eigenvalue weighted by Gasteiger charge is -2.38. The average Bonchev–Trinajstić information content (AvgIpc) is 2.47. The molecule has 19 heavy (non-hydrogen) atoms. The molecule has 1 aliphatic rings. The predicted molar refractivity (Wildman–Crippen MR) is 68.7 cm³/mol. The van der Waals surface area contributed by atoms with Gasteiger partial charge in [0.15, 0.2) is 0 Å². The average molecular weight is 263 g/mol. The summed E-state index contributed by atoms with van der Waals surface area (Å²) in [6.45, 7) is 3.08. The molecule has 7 heteroatoms. The normalized spacial score (nSPS) is 19.2. The Morgan fingerprint density at radius 1 is 1.42 bits per heavy atom. The Bertz CT molecular complexity index is 480. The summed E-state index contributed by atoms with van der Waals surface area (Å²) in [5, 5.41) is 11.9. The van der Waals surface area contributed by atoms with E-state index in [0.29, 0.717) is 31.5 Å². The topological polar surface area (TPSA) is 105 Å². The molecule has 0 unspecified atom stereocenters. The van der Waals surface area contributed by atoms with Crippen molar-refractivity contribution in [3.63, 3.8) is 0 Å². The Morgan fingerprint density at radius 2 is 2.00 bits per heavy atom. The molecule has 0 spiro atoms. The zero-order valence-corrected chi connectivity index (χ0v) is 10.8. The van der Waals surface area contributed by atoms with Crippen molar-refractivity contribution in [3.8, 4) is 0 Å². The van der Waals surface area contributed by atoms with E-state index < -0.39 is 0 Å². The molecule has 7 nitrogen and oxygen atoms in total. The second-order valence-corrected chi connectivity index (χ2v) is 4.97. The van der Waals surface area contributed by atoms with Crippen molar-refractivity contribution in [1.29, 1.82) is 0 Å². The molecule has 1 aliphatic heterocycles. The molecule has 2 heterocycles. The Kier molecular flexibility index (Phi) is 3.64. The molecule has 1 saturated heterocycles. The molecule has 0 bridgehead atoms. The van der Waals surface area contributed by atoms with Gasteiger partial charge in [-0.3, -0.25) is 4.79 Å². The molecule has 1 aromatic heterocycles. The van der Waals surface area contributed by atoms with E-state index in [1.165, 1.54) is 18.7 Å². The molecule has 0 atom stereocenters. The van der Waals surface area contributed by atoms with Crippen molar-refractivity contribution >= 4 is 11.7 Å². The summed E-state index contributed by atoms with van der Waals surface area (Å²) in [7, 11) is 0. The molecule has 1 amide bonds. The van der Waals surface area contributed by atoms with Crippen LogP contribution in [0.2, 0.25) is 0 Å². The van der Waals surface area contributed by atoms with Crippen LogP contribution in [0.15, 0.2) is 23.9 Å². The lowest BCUT2D eigenvalue weighted by molar-refractivity contribution is 0.0665. The molecule has 0 aromatic carbocycles. The first-order valence-corrected chi connectivity index (χ1v) is 6.09. The van der Waals surface area contributed by atoms with Crippen molar-refractivity contribution in [2.75, 3.05) is 13.1 Å². The number of nitrogens with zero attached hydrogens (tertiary/aromatic N) is 4. The third kappa shape index (κ3) is 2.64. The van der Waals surface area contributed by atoms with Gasteiger partial charge in [-0.15, -0.1) is 0 Å². The van der Waals surface area contributed by atoms with Crippen molar-refractivity contribution in [2.45, 2.75) is 19.8 Å². The molecular weight excluding hydrogens is 246 g/mol. The highest BCUT2D eigenvalue weighted by Gasteiger charge is 2.35. The van der Waals surface area contributed by atoms with E-state index in [9.17, 15) is 4.79 Å². The third-order valence-corrected chi connectivity index (χ3v) is 3.69. The molecule has 0 saturated carbocycles. The highest BCUT2D eigenvalue weighted by Crippen LogP contribution is 2.31. The van der Waals surface area contributed by atoms with Crippen LogP contribution < -0.4 is 5.73 Å². The molecule has 0 aliphatic carbocycles. The number of amides is 1. The van der Waals surface area contributed by atoms with Gasteiger partial charge in [-0.2, -0.15) is 0 Å². The van der Waals surface area contributed by atoms with Crippen LogP contribution in [0.4, 0.5) is 0 Å². The summed E-state index contributed by atoms with van der Waals surface area (Å²) in [6, 6.07) is 0. The second kappa shape index (κ2) is 5.21. The number of carbonyl (C=O) groups is 1. The fourth-order valence-electron chi connectivity index (χ4n) is 2.17. The van der Waals surface area contributed by atoms with Crippen molar-refractivity contribution in [3.05, 3.63) is 24.3 Å². The number of hydrogen-bond donors (Lipinski definition) is 2. The summed E-state index contributed by atoms with van der Waals surface area (Å²) in [5.74, 6) is 0.143. The fourth-order valence-corrected chi connectivity index (χ4v) is 2.17. The standard InChI is InChI=1S/C12H17N5O2/c1-12(11(13)16-19)2-4-17(5-3-12)10(18)9-6-14-8-15-7-9/h6-8,19H,2-5H2,1H3,(H2,13,16). The van der Waals surface area contributed by atoms with Gasteiger partial charge in [-0.05, 0) is 12.8 Å². The molecule has 3 N–H and O–H groups in total. The van der Waals surface area contributed by atoms with E-state index in [-0.39, 0.29) is 17.2 Å². The van der Waals surface area contributed by atoms with Gasteiger partial charge in [0, 0.05) is 30.9 Å². The predicted octanol–water partition coefficient (Wildman–Crippen LogP) is 0.465. The highest BCUT2D eigenvalue weighted by atomic mass is 16.4. The van der Waals surface area contributed by atoms with Crippen molar-refractivity contribution < 1.29 is 10.0 Å². The smallest absolute Gasteiger partial charge is 0.256 e. The number of amidine groups is 1. The van der Waals surface area contributed by atoms with E-state index in [1.807, 2.05) is 6.92 Å². The maximum Gasteiger partial charge on any atom is 0.256 e. The largest absolute Gasteiger partial charge is 0.409 e. The van der Waals surface area contributed by atoms with E-state index in [2.05, 4.69) is 15.1 Å². The number of oxime groups is 1. The highest BCUT2D eigenvalue weighted by molar-refractivity contribution is 5.94. The molecular formula is C12H17N5O2. The first-order valence-electron chi connectivity index (χ1n) is 6.09. The van der Waals surface area contributed by atoms with Gasteiger partial charge in [0.05, 0.1) is 5.56 Å². The van der Waals surface area contributed by atoms with Crippen LogP contribution in [0.25, 0.3) is 0 Å². The number of aromatic nitrogens is 2. The molecule has 2 rings (SSSR count). The van der Waals surface area contributed by atoms with Crippen LogP contribution in [-0.2, 0) is 0 Å². The van der Waals surface area contributed by atoms with Gasteiger partial charge >= 0.3 is 0 Å². The second-order valence-electron chi connectivity index (χ2n) is 4.97. The van der Waals surface area contributed by atoms with E-state index >= 15 is 0 Å². The maximum absolute atomic E-state index is 12.2. The SMILES string of the molecule is CC1(C(N)=NO)CCN(C(=O)c2cncnc2)CC1. The summed E-state index contributed by atoms with van der Waals surface area (Å²) in [5.41, 5.74) is 5.82. The van der Waals surface area contributed by atoms with Crippen molar-refractivity contribution in [1.82, 2.24) is 14.9 Å². The van der Waals surface area contributed by atoms with Crippen LogP contribution in [0, 0.1) is 5.41 Å². The van der Waals surface area contributed by atoms with Crippen LogP contribution in [0.1, 0.15) is 30.1 Å². The quantitative estimate of drug-likeness (QED) is 0.349. The van der Waals surface area contributed by atoms with Gasteiger partial charge in [0.2, 0.25) is 0 Å². The van der Waals surface area contributed by atoms with Crippen LogP contribution >= 0.6 is 0 Å². The molecule has 102 valence electrons. The number of likely N-dealkylation sites (tertiary alicyclic amines) is 1. The lowest BCUT2D eigenvalue weighted by Crippen LogP contribution is -2.47. The lowest BCUT2D eigenvalue weighted by atomic mass is 9.79. The first kappa shape index (κ1) is 13.3. The first-order chi connectivity index (χ1) is 9.07. The Labute approximate surface area is 111 Å². The number of piperidine rings is 1. The molecule has 1 fully saturated rings. The number of carbonyl (C=O) groups excluding carboxylic acids is 1. The Balaban J connectivity index is 2.03. The number of rotatable bonds is 2. The third-order valence-electron chi connectivity index (χ3n) is 3.69.